The lowest BCUT2D eigenvalue weighted by atomic mass is 10.2. The average molecular weight is 421 g/mol. The van der Waals surface area contributed by atoms with E-state index in [1.807, 2.05) is 22.6 Å². The fourth-order valence-corrected chi connectivity index (χ4v) is 1.66. The predicted octanol–water partition coefficient (Wildman–Crippen LogP) is 3.76. The maximum Gasteiger partial charge on any atom is 0.427 e. The van der Waals surface area contributed by atoms with E-state index in [0.29, 0.717) is 8.60 Å². The zero-order chi connectivity index (χ0) is 17.1. The van der Waals surface area contributed by atoms with E-state index in [-0.39, 0.29) is 5.95 Å². The second-order valence-electron chi connectivity index (χ2n) is 6.48. The number of ether oxygens (including phenoxy) is 2. The molecule has 1 heterocycles. The molecule has 0 unspecified atom stereocenters. The molecule has 0 aliphatic carbocycles. The Balaban J connectivity index is 3.15. The van der Waals surface area contributed by atoms with Gasteiger partial charge in [-0.05, 0) is 70.2 Å². The highest BCUT2D eigenvalue weighted by atomic mass is 127. The zero-order valence-electron chi connectivity index (χ0n) is 13.5. The second-order valence-corrected chi connectivity index (χ2v) is 7.58. The van der Waals surface area contributed by atoms with E-state index in [9.17, 15) is 9.59 Å². The molecule has 8 heteroatoms. The minimum absolute atomic E-state index is 0.0876. The van der Waals surface area contributed by atoms with Crippen molar-refractivity contribution in [3.63, 3.8) is 0 Å². The molecule has 1 aromatic heterocycles. The summed E-state index contributed by atoms with van der Waals surface area (Å²) in [5.41, 5.74) is -1.53. The maximum atomic E-state index is 12.3. The van der Waals surface area contributed by atoms with Crippen molar-refractivity contribution >= 4 is 40.7 Å². The summed E-state index contributed by atoms with van der Waals surface area (Å²) in [7, 11) is 0. The minimum Gasteiger partial charge on any atom is -0.443 e. The molecule has 1 aromatic rings. The van der Waals surface area contributed by atoms with Crippen molar-refractivity contribution in [1.29, 1.82) is 0 Å². The van der Waals surface area contributed by atoms with E-state index in [1.54, 1.807) is 47.6 Å². The van der Waals surface area contributed by atoms with Crippen molar-refractivity contribution < 1.29 is 19.1 Å². The summed E-state index contributed by atoms with van der Waals surface area (Å²) in [5.74, 6) is -0.0876. The molecular formula is C14H20IN3O4. The number of rotatable bonds is 1. The summed E-state index contributed by atoms with van der Waals surface area (Å²) < 4.78 is 11.1. The Labute approximate surface area is 143 Å². The first kappa shape index (κ1) is 18.6. The largest absolute Gasteiger partial charge is 0.443 e. The van der Waals surface area contributed by atoms with Gasteiger partial charge in [0.1, 0.15) is 14.9 Å². The van der Waals surface area contributed by atoms with Gasteiger partial charge in [-0.25, -0.2) is 19.6 Å². The lowest BCUT2D eigenvalue weighted by Crippen LogP contribution is -2.44. The Morgan fingerprint density at radius 3 is 1.86 bits per heavy atom. The molecule has 0 atom stereocenters. The number of halogens is 1. The molecule has 22 heavy (non-hydrogen) atoms. The lowest BCUT2D eigenvalue weighted by molar-refractivity contribution is 0.0427. The summed E-state index contributed by atoms with van der Waals surface area (Å²) in [4.78, 5) is 33.4. The average Bonchev–Trinajstić information content (AvgIpc) is 2.23. The number of imide groups is 1. The Morgan fingerprint density at radius 1 is 1.05 bits per heavy atom. The Morgan fingerprint density at radius 2 is 1.50 bits per heavy atom. The number of anilines is 1. The summed E-state index contributed by atoms with van der Waals surface area (Å²) in [6.45, 7) is 10.2. The quantitative estimate of drug-likeness (QED) is 0.508. The van der Waals surface area contributed by atoms with Crippen LogP contribution in [0.25, 0.3) is 0 Å². The van der Waals surface area contributed by atoms with Gasteiger partial charge in [0.05, 0.1) is 0 Å². The predicted molar refractivity (Wildman–Crippen MR) is 89.7 cm³/mol. The van der Waals surface area contributed by atoms with Gasteiger partial charge in [-0.2, -0.15) is 0 Å². The smallest absolute Gasteiger partial charge is 0.427 e. The minimum atomic E-state index is -0.885. The third-order valence-corrected chi connectivity index (χ3v) is 2.56. The molecule has 0 N–H and O–H groups in total. The van der Waals surface area contributed by atoms with Crippen LogP contribution in [-0.4, -0.2) is 33.4 Å². The number of aromatic nitrogens is 2. The molecule has 0 radical (unpaired) electrons. The van der Waals surface area contributed by atoms with Crippen molar-refractivity contribution in [2.45, 2.75) is 52.7 Å². The Bertz CT molecular complexity index is 536. The van der Waals surface area contributed by atoms with Crippen LogP contribution in [0.1, 0.15) is 41.5 Å². The standard InChI is InChI=1S/C14H20IN3O4/c1-13(2,3)21-11(19)18(12(20)22-14(4,5)6)10-16-8-7-9(15)17-10/h7-8H,1-6H3. The monoisotopic (exact) mass is 421 g/mol. The first-order chi connectivity index (χ1) is 9.89. The lowest BCUT2D eigenvalue weighted by Gasteiger charge is -2.27. The first-order valence-corrected chi connectivity index (χ1v) is 7.71. The summed E-state index contributed by atoms with van der Waals surface area (Å²) in [5, 5.41) is 0. The van der Waals surface area contributed by atoms with Crippen molar-refractivity contribution in [3.05, 3.63) is 16.0 Å². The molecule has 0 aromatic carbocycles. The first-order valence-electron chi connectivity index (χ1n) is 6.64. The molecule has 0 spiro atoms. The van der Waals surface area contributed by atoms with Gasteiger partial charge in [0.2, 0.25) is 5.95 Å². The third-order valence-electron chi connectivity index (χ3n) is 1.96. The van der Waals surface area contributed by atoms with E-state index >= 15 is 0 Å². The van der Waals surface area contributed by atoms with Crippen molar-refractivity contribution in [1.82, 2.24) is 9.97 Å². The fraction of sp³-hybridized carbons (Fsp3) is 0.571. The SMILES string of the molecule is CC(C)(C)OC(=O)N(C(=O)OC(C)(C)C)c1nccc(I)n1. The molecule has 0 aliphatic heterocycles. The molecule has 0 aliphatic rings. The van der Waals surface area contributed by atoms with E-state index in [2.05, 4.69) is 9.97 Å². The topological polar surface area (TPSA) is 81.6 Å². The fourth-order valence-electron chi connectivity index (χ4n) is 1.29. The molecule has 0 saturated carbocycles. The molecule has 0 bridgehead atoms. The van der Waals surface area contributed by atoms with Crippen LogP contribution in [0.5, 0.6) is 0 Å². The molecule has 7 nitrogen and oxygen atoms in total. The second kappa shape index (κ2) is 6.76. The molecule has 1 rings (SSSR count). The van der Waals surface area contributed by atoms with Crippen LogP contribution in [0, 0.1) is 3.70 Å². The van der Waals surface area contributed by atoms with Gasteiger partial charge in [-0.15, -0.1) is 4.90 Å². The highest BCUT2D eigenvalue weighted by Crippen LogP contribution is 2.19. The normalized spacial score (nSPS) is 11.8. The molecule has 0 saturated heterocycles. The maximum absolute atomic E-state index is 12.3. The number of amides is 2. The third kappa shape index (κ3) is 6.12. The van der Waals surface area contributed by atoms with Gasteiger partial charge in [-0.1, -0.05) is 0 Å². The highest BCUT2D eigenvalue weighted by Gasteiger charge is 2.34. The van der Waals surface area contributed by atoms with E-state index in [0.717, 1.165) is 0 Å². The van der Waals surface area contributed by atoms with Crippen LogP contribution in [0.4, 0.5) is 15.5 Å². The Hall–Kier alpha value is -1.45. The van der Waals surface area contributed by atoms with Crippen LogP contribution in [0.15, 0.2) is 12.3 Å². The van der Waals surface area contributed by atoms with Crippen molar-refractivity contribution in [3.8, 4) is 0 Å². The zero-order valence-corrected chi connectivity index (χ0v) is 15.7. The van der Waals surface area contributed by atoms with Crippen LogP contribution in [0.2, 0.25) is 0 Å². The van der Waals surface area contributed by atoms with Gasteiger partial charge < -0.3 is 9.47 Å². The van der Waals surface area contributed by atoms with Crippen molar-refractivity contribution in [2.24, 2.45) is 0 Å². The highest BCUT2D eigenvalue weighted by molar-refractivity contribution is 14.1. The summed E-state index contributed by atoms with van der Waals surface area (Å²) in [6, 6.07) is 1.65. The van der Waals surface area contributed by atoms with E-state index in [4.69, 9.17) is 9.47 Å². The van der Waals surface area contributed by atoms with Gasteiger partial charge in [0.25, 0.3) is 0 Å². The van der Waals surface area contributed by atoms with Gasteiger partial charge in [0.15, 0.2) is 0 Å². The van der Waals surface area contributed by atoms with E-state index in [1.165, 1.54) is 6.20 Å². The molecule has 2 amide bonds. The molecular weight excluding hydrogens is 401 g/mol. The van der Waals surface area contributed by atoms with Crippen LogP contribution in [-0.2, 0) is 9.47 Å². The molecule has 0 fully saturated rings. The van der Waals surface area contributed by atoms with Crippen molar-refractivity contribution in [2.75, 3.05) is 4.90 Å². The van der Waals surface area contributed by atoms with Crippen LogP contribution in [0.3, 0.4) is 0 Å². The number of hydrogen-bond donors (Lipinski definition) is 0. The Kier molecular flexibility index (Phi) is 5.71. The van der Waals surface area contributed by atoms with E-state index < -0.39 is 23.4 Å². The van der Waals surface area contributed by atoms with Gasteiger partial charge in [0, 0.05) is 6.20 Å². The summed E-state index contributed by atoms with van der Waals surface area (Å²) in [6.07, 6.45) is -0.321. The van der Waals surface area contributed by atoms with Crippen LogP contribution >= 0.6 is 22.6 Å². The number of nitrogens with zero attached hydrogens (tertiary/aromatic N) is 3. The number of hydrogen-bond acceptors (Lipinski definition) is 6. The van der Waals surface area contributed by atoms with Gasteiger partial charge in [-0.3, -0.25) is 0 Å². The van der Waals surface area contributed by atoms with Crippen LogP contribution < -0.4 is 4.90 Å². The number of carbonyl (C=O) groups excluding carboxylic acids is 2. The van der Waals surface area contributed by atoms with Gasteiger partial charge >= 0.3 is 12.2 Å². The molecule has 122 valence electrons. The summed E-state index contributed by atoms with van der Waals surface area (Å²) >= 11 is 1.96. The number of carbonyl (C=O) groups is 2.